The zero-order valence-electron chi connectivity index (χ0n) is 19.8. The number of hydrogen-bond donors (Lipinski definition) is 1. The normalized spacial score (nSPS) is 29.3. The van der Waals surface area contributed by atoms with Crippen molar-refractivity contribution in [2.75, 3.05) is 19.7 Å². The van der Waals surface area contributed by atoms with E-state index in [9.17, 15) is 4.79 Å². The third-order valence-electron chi connectivity index (χ3n) is 7.72. The highest BCUT2D eigenvalue weighted by molar-refractivity contribution is 7.12. The van der Waals surface area contributed by atoms with Crippen molar-refractivity contribution >= 4 is 17.4 Å². The molecule has 1 aliphatic carbocycles. The van der Waals surface area contributed by atoms with Crippen molar-refractivity contribution in [1.29, 1.82) is 0 Å². The summed E-state index contributed by atoms with van der Waals surface area (Å²) in [6.45, 7) is 8.00. The number of nitrogens with one attached hydrogen (secondary N) is 1. The molecule has 2 aliphatic heterocycles. The largest absolute Gasteiger partial charge is 0.445 e. The number of nitrogens with zero attached hydrogens (tertiary/aromatic N) is 1. The van der Waals surface area contributed by atoms with Crippen molar-refractivity contribution in [3.63, 3.8) is 0 Å². The number of fused-ring (bicyclic) bond motifs is 2. The van der Waals surface area contributed by atoms with Gasteiger partial charge in [-0.25, -0.2) is 4.79 Å². The molecule has 5 nitrogen and oxygen atoms in total. The molecule has 1 spiro atoms. The summed E-state index contributed by atoms with van der Waals surface area (Å²) in [5, 5.41) is 3.03. The van der Waals surface area contributed by atoms with E-state index in [0.29, 0.717) is 18.6 Å². The van der Waals surface area contributed by atoms with Gasteiger partial charge in [0.15, 0.2) is 0 Å². The van der Waals surface area contributed by atoms with Gasteiger partial charge in [0.2, 0.25) is 0 Å². The van der Waals surface area contributed by atoms with Crippen LogP contribution in [0, 0.1) is 5.92 Å². The lowest BCUT2D eigenvalue weighted by molar-refractivity contribution is -0.114. The van der Waals surface area contributed by atoms with Crippen LogP contribution in [0.3, 0.4) is 0 Å². The van der Waals surface area contributed by atoms with Gasteiger partial charge < -0.3 is 19.7 Å². The Labute approximate surface area is 201 Å². The smallest absolute Gasteiger partial charge is 0.407 e. The Balaban J connectivity index is 1.07. The predicted molar refractivity (Wildman–Crippen MR) is 132 cm³/mol. The third-order valence-corrected chi connectivity index (χ3v) is 9.06. The fraction of sp³-hybridized carbons (Fsp3) is 0.593. The van der Waals surface area contributed by atoms with E-state index in [1.54, 1.807) is 4.88 Å². The Hall–Kier alpha value is -1.89. The number of piperidine rings is 1. The first-order chi connectivity index (χ1) is 16.0. The molecule has 3 heterocycles. The minimum Gasteiger partial charge on any atom is -0.445 e. The molecule has 1 saturated heterocycles. The standard InChI is InChI=1S/C27H36N2O3S/c1-3-23-15-24-25(33-23)9-12-32-27(24)10-11-29(19(2)16-27)17-21-13-22(14-21)28-26(30)31-18-20-7-5-4-6-8-20/h4-8,15,19,21-22H,3,9-14,16-18H2,1-2H3,(H,28,30)/t19-,21?,22?,27+/m0/s1. The fourth-order valence-electron chi connectivity index (χ4n) is 5.81. The molecule has 33 heavy (non-hydrogen) atoms. The number of carbonyl (C=O) groups excluding carboxylic acids is 1. The number of likely N-dealkylation sites (tertiary alicyclic amines) is 1. The van der Waals surface area contributed by atoms with Crippen LogP contribution in [0.25, 0.3) is 0 Å². The lowest BCUT2D eigenvalue weighted by Gasteiger charge is -2.49. The van der Waals surface area contributed by atoms with Gasteiger partial charge in [-0.1, -0.05) is 37.3 Å². The van der Waals surface area contributed by atoms with Crippen molar-refractivity contribution in [2.45, 2.75) is 76.7 Å². The minimum absolute atomic E-state index is 0.0698. The van der Waals surface area contributed by atoms with E-state index in [0.717, 1.165) is 63.8 Å². The number of aryl methyl sites for hydroxylation is 1. The second-order valence-electron chi connectivity index (χ2n) is 10.0. The van der Waals surface area contributed by atoms with Crippen LogP contribution in [0.5, 0.6) is 0 Å². The number of benzene rings is 1. The summed E-state index contributed by atoms with van der Waals surface area (Å²) < 4.78 is 11.9. The maximum absolute atomic E-state index is 12.1. The molecule has 0 bridgehead atoms. The molecule has 1 aromatic heterocycles. The van der Waals surface area contributed by atoms with Crippen LogP contribution in [0.4, 0.5) is 4.79 Å². The fourth-order valence-corrected chi connectivity index (χ4v) is 6.99. The summed E-state index contributed by atoms with van der Waals surface area (Å²) in [4.78, 5) is 17.8. The van der Waals surface area contributed by atoms with Gasteiger partial charge in [-0.05, 0) is 62.1 Å². The van der Waals surface area contributed by atoms with Gasteiger partial charge in [-0.2, -0.15) is 0 Å². The molecular weight excluding hydrogens is 432 g/mol. The molecule has 6 heteroatoms. The van der Waals surface area contributed by atoms with Gasteiger partial charge in [0, 0.05) is 41.3 Å². The van der Waals surface area contributed by atoms with Gasteiger partial charge in [0.1, 0.15) is 6.61 Å². The summed E-state index contributed by atoms with van der Waals surface area (Å²) >= 11 is 2.00. The number of amides is 1. The lowest BCUT2D eigenvalue weighted by atomic mass is 9.76. The first-order valence-electron chi connectivity index (χ1n) is 12.5. The molecule has 1 saturated carbocycles. The summed E-state index contributed by atoms with van der Waals surface area (Å²) in [5.74, 6) is 0.650. The maximum Gasteiger partial charge on any atom is 0.407 e. The first-order valence-corrected chi connectivity index (χ1v) is 13.3. The zero-order valence-corrected chi connectivity index (χ0v) is 20.7. The van der Waals surface area contributed by atoms with E-state index in [2.05, 4.69) is 30.1 Å². The molecule has 1 aromatic carbocycles. The molecule has 1 N–H and O–H groups in total. The van der Waals surface area contributed by atoms with Crippen molar-refractivity contribution in [1.82, 2.24) is 10.2 Å². The highest BCUT2D eigenvalue weighted by Crippen LogP contribution is 2.46. The van der Waals surface area contributed by atoms with Crippen molar-refractivity contribution in [3.8, 4) is 0 Å². The molecular formula is C27H36N2O3S. The van der Waals surface area contributed by atoms with Gasteiger partial charge in [-0.15, -0.1) is 11.3 Å². The number of carbonyl (C=O) groups is 1. The molecule has 0 radical (unpaired) electrons. The number of hydrogen-bond acceptors (Lipinski definition) is 5. The SMILES string of the molecule is CCc1cc2c(s1)CCO[C@@]21CCN(CC2CC(NC(=O)OCc3ccccc3)C2)[C@@H](C)C1. The number of rotatable bonds is 6. The average Bonchev–Trinajstić information content (AvgIpc) is 3.24. The Morgan fingerprint density at radius 1 is 1.30 bits per heavy atom. The predicted octanol–water partition coefficient (Wildman–Crippen LogP) is 5.27. The monoisotopic (exact) mass is 468 g/mol. The average molecular weight is 469 g/mol. The van der Waals surface area contributed by atoms with Gasteiger partial charge in [-0.3, -0.25) is 0 Å². The van der Waals surface area contributed by atoms with Gasteiger partial charge in [0.25, 0.3) is 0 Å². The van der Waals surface area contributed by atoms with Gasteiger partial charge in [0.05, 0.1) is 12.2 Å². The minimum atomic E-state index is -0.303. The molecule has 5 rings (SSSR count). The number of thiophene rings is 1. The molecule has 0 unspecified atom stereocenters. The van der Waals surface area contributed by atoms with Crippen LogP contribution in [-0.2, 0) is 34.5 Å². The highest BCUT2D eigenvalue weighted by atomic mass is 32.1. The van der Waals surface area contributed by atoms with E-state index in [1.165, 1.54) is 10.4 Å². The van der Waals surface area contributed by atoms with Crippen LogP contribution in [0.1, 0.15) is 60.4 Å². The van der Waals surface area contributed by atoms with Crippen LogP contribution < -0.4 is 5.32 Å². The van der Waals surface area contributed by atoms with Gasteiger partial charge >= 0.3 is 6.09 Å². The summed E-state index contributed by atoms with van der Waals surface area (Å²) in [6.07, 6.45) is 6.14. The number of ether oxygens (including phenoxy) is 2. The second kappa shape index (κ2) is 9.77. The van der Waals surface area contributed by atoms with Crippen LogP contribution in [0.15, 0.2) is 36.4 Å². The lowest BCUT2D eigenvalue weighted by Crippen LogP contribution is -2.54. The topological polar surface area (TPSA) is 50.8 Å². The Morgan fingerprint density at radius 3 is 2.88 bits per heavy atom. The zero-order chi connectivity index (χ0) is 22.8. The Kier molecular flexibility index (Phi) is 6.77. The quantitative estimate of drug-likeness (QED) is 0.628. The van der Waals surface area contributed by atoms with E-state index in [1.807, 2.05) is 41.7 Å². The van der Waals surface area contributed by atoms with E-state index in [4.69, 9.17) is 9.47 Å². The van der Waals surface area contributed by atoms with Crippen molar-refractivity contribution in [3.05, 3.63) is 57.3 Å². The Morgan fingerprint density at radius 2 is 2.12 bits per heavy atom. The first kappa shape index (κ1) is 22.9. The molecule has 3 aliphatic rings. The van der Waals surface area contributed by atoms with Crippen LogP contribution >= 0.6 is 11.3 Å². The molecule has 2 aromatic rings. The van der Waals surface area contributed by atoms with E-state index >= 15 is 0 Å². The van der Waals surface area contributed by atoms with Crippen molar-refractivity contribution in [2.24, 2.45) is 5.92 Å². The maximum atomic E-state index is 12.1. The summed E-state index contributed by atoms with van der Waals surface area (Å²) in [7, 11) is 0. The Bertz CT molecular complexity index is 956. The van der Waals surface area contributed by atoms with E-state index in [-0.39, 0.29) is 17.7 Å². The summed E-state index contributed by atoms with van der Waals surface area (Å²) in [5.41, 5.74) is 2.43. The second-order valence-corrected chi connectivity index (χ2v) is 11.3. The highest BCUT2D eigenvalue weighted by Gasteiger charge is 2.45. The van der Waals surface area contributed by atoms with E-state index < -0.39 is 0 Å². The van der Waals surface area contributed by atoms with Crippen LogP contribution in [0.2, 0.25) is 0 Å². The third kappa shape index (κ3) is 4.98. The molecule has 1 amide bonds. The molecule has 2 fully saturated rings. The van der Waals surface area contributed by atoms with Crippen LogP contribution in [-0.4, -0.2) is 42.8 Å². The molecule has 2 atom stereocenters. The van der Waals surface area contributed by atoms with Crippen molar-refractivity contribution < 1.29 is 14.3 Å². The number of alkyl carbamates (subject to hydrolysis) is 1. The summed E-state index contributed by atoms with van der Waals surface area (Å²) in [6, 6.07) is 13.0. The molecule has 178 valence electrons.